The fourth-order valence-electron chi connectivity index (χ4n) is 5.60. The molecule has 0 aliphatic carbocycles. The molecule has 2 N–H and O–H groups in total. The highest BCUT2D eigenvalue weighted by molar-refractivity contribution is 6.36. The zero-order chi connectivity index (χ0) is 19.8. The van der Waals surface area contributed by atoms with Crippen molar-refractivity contribution < 1.29 is 5.11 Å². The van der Waals surface area contributed by atoms with Crippen LogP contribution in [0.25, 0.3) is 54.4 Å². The normalized spacial score (nSPS) is 14.8. The average molecular weight is 391 g/mol. The monoisotopic (exact) mass is 391 g/mol. The van der Waals surface area contributed by atoms with Crippen molar-refractivity contribution in [2.75, 3.05) is 0 Å². The molecule has 1 aliphatic rings. The second-order valence-electron chi connectivity index (χ2n) is 8.26. The first-order chi connectivity index (χ1) is 14.8. The number of aryl methyl sites for hydroxylation is 2. The maximum Gasteiger partial charge on any atom is 0.197 e. The molecule has 30 heavy (non-hydrogen) atoms. The van der Waals surface area contributed by atoms with E-state index in [4.69, 9.17) is 0 Å². The van der Waals surface area contributed by atoms with Crippen LogP contribution in [0.1, 0.15) is 12.8 Å². The molecule has 146 valence electrons. The lowest BCUT2D eigenvalue weighted by atomic mass is 10.0. The molecule has 1 aliphatic heterocycles. The van der Waals surface area contributed by atoms with Crippen LogP contribution in [0.3, 0.4) is 0 Å². The van der Waals surface area contributed by atoms with Crippen LogP contribution in [0.4, 0.5) is 0 Å². The van der Waals surface area contributed by atoms with Crippen LogP contribution in [0.2, 0.25) is 0 Å². The van der Waals surface area contributed by atoms with Gasteiger partial charge in [0.1, 0.15) is 0 Å². The summed E-state index contributed by atoms with van der Waals surface area (Å²) < 4.78 is 4.95. The Morgan fingerprint density at radius 3 is 1.90 bits per heavy atom. The Bertz CT molecular complexity index is 1660. The van der Waals surface area contributed by atoms with Gasteiger partial charge in [-0.15, -0.1) is 0 Å². The lowest BCUT2D eigenvalue weighted by Gasteiger charge is -2.13. The van der Waals surface area contributed by atoms with Gasteiger partial charge in [-0.3, -0.25) is 0 Å². The van der Waals surface area contributed by atoms with E-state index < -0.39 is 0 Å². The molecule has 0 unspecified atom stereocenters. The summed E-state index contributed by atoms with van der Waals surface area (Å²) in [7, 11) is 0. The van der Waals surface area contributed by atoms with Crippen molar-refractivity contribution in [3.05, 3.63) is 66.9 Å². The summed E-state index contributed by atoms with van der Waals surface area (Å²) in [4.78, 5) is 3.11. The van der Waals surface area contributed by atoms with Crippen LogP contribution in [0.15, 0.2) is 66.9 Å². The number of fused-ring (bicyclic) bond motifs is 9. The van der Waals surface area contributed by atoms with E-state index in [2.05, 4.69) is 74.8 Å². The highest BCUT2D eigenvalue weighted by Gasteiger charge is 2.25. The minimum Gasteiger partial charge on any atom is -0.494 e. The van der Waals surface area contributed by atoms with E-state index in [-0.39, 0.29) is 5.88 Å². The third-order valence-electron chi connectivity index (χ3n) is 6.75. The predicted octanol–water partition coefficient (Wildman–Crippen LogP) is 6.44. The number of aromatic hydroxyl groups is 1. The van der Waals surface area contributed by atoms with E-state index in [9.17, 15) is 5.11 Å². The third kappa shape index (κ3) is 1.86. The van der Waals surface area contributed by atoms with E-state index >= 15 is 0 Å². The second kappa shape index (κ2) is 5.70. The first-order valence-electron chi connectivity index (χ1n) is 10.6. The lowest BCUT2D eigenvalue weighted by molar-refractivity contribution is 0.463. The zero-order valence-corrected chi connectivity index (χ0v) is 16.5. The quantitative estimate of drug-likeness (QED) is 0.288. The minimum atomic E-state index is 0.253. The van der Waals surface area contributed by atoms with Crippen molar-refractivity contribution in [2.24, 2.45) is 0 Å². The fourth-order valence-corrected chi connectivity index (χ4v) is 5.60. The number of H-pyrrole nitrogens is 1. The fraction of sp³-hybridized carbons (Fsp3) is 0.154. The molecule has 6 aromatic rings. The molecular formula is C26H21N3O. The van der Waals surface area contributed by atoms with Crippen LogP contribution in [0, 0.1) is 0 Å². The van der Waals surface area contributed by atoms with Gasteiger partial charge in [-0.25, -0.2) is 0 Å². The van der Waals surface area contributed by atoms with Crippen LogP contribution in [-0.4, -0.2) is 19.2 Å². The molecule has 4 heterocycles. The van der Waals surface area contributed by atoms with Gasteiger partial charge >= 0.3 is 0 Å². The third-order valence-corrected chi connectivity index (χ3v) is 6.75. The van der Waals surface area contributed by atoms with E-state index in [1.807, 2.05) is 6.20 Å². The molecule has 0 saturated heterocycles. The molecule has 0 amide bonds. The van der Waals surface area contributed by atoms with Gasteiger partial charge in [0.05, 0.1) is 16.4 Å². The molecule has 0 saturated carbocycles. The number of nitrogens with one attached hydrogen (secondary N) is 1. The van der Waals surface area contributed by atoms with Gasteiger partial charge in [0.15, 0.2) is 5.88 Å². The number of nitrogens with zero attached hydrogens (tertiary/aromatic N) is 2. The molecule has 4 heteroatoms. The van der Waals surface area contributed by atoms with Crippen molar-refractivity contribution in [1.29, 1.82) is 0 Å². The van der Waals surface area contributed by atoms with Gasteiger partial charge in [-0.1, -0.05) is 48.6 Å². The number of aromatic amines is 1. The van der Waals surface area contributed by atoms with Gasteiger partial charge in [0.2, 0.25) is 0 Å². The summed E-state index contributed by atoms with van der Waals surface area (Å²) in [5.74, 6) is 0.253. The van der Waals surface area contributed by atoms with Gasteiger partial charge in [0, 0.05) is 57.3 Å². The van der Waals surface area contributed by atoms with Crippen LogP contribution in [0.5, 0.6) is 5.88 Å². The van der Waals surface area contributed by atoms with Crippen molar-refractivity contribution in [3.63, 3.8) is 0 Å². The standard InChI is InChI=1S/C26H21N3O/c30-26-23-18(15-27-26)21-16-9-3-5-11-19(16)28-13-7-1-2-8-14-29-20-12-6-4-10-17(20)22(23)25(29)24(21)28/h1-6,9-12,15,27,30H,7-8,13-14H2. The Labute approximate surface area is 172 Å². The number of para-hydroxylation sites is 2. The van der Waals surface area contributed by atoms with Gasteiger partial charge in [-0.2, -0.15) is 0 Å². The zero-order valence-electron chi connectivity index (χ0n) is 16.5. The summed E-state index contributed by atoms with van der Waals surface area (Å²) in [6.07, 6.45) is 8.62. The van der Waals surface area contributed by atoms with Crippen molar-refractivity contribution in [2.45, 2.75) is 25.9 Å². The topological polar surface area (TPSA) is 45.9 Å². The van der Waals surface area contributed by atoms with E-state index in [1.54, 1.807) is 0 Å². The number of rotatable bonds is 0. The Hall–Kier alpha value is -3.66. The molecule has 0 fully saturated rings. The Kier molecular flexibility index (Phi) is 3.07. The summed E-state index contributed by atoms with van der Waals surface area (Å²) in [5, 5.41) is 17.7. The molecule has 3 aromatic heterocycles. The number of hydrogen-bond donors (Lipinski definition) is 2. The predicted molar refractivity (Wildman–Crippen MR) is 124 cm³/mol. The number of aromatic nitrogens is 3. The van der Waals surface area contributed by atoms with Crippen molar-refractivity contribution in [3.8, 4) is 5.88 Å². The lowest BCUT2D eigenvalue weighted by Crippen LogP contribution is -2.03. The molecule has 0 bridgehead atoms. The van der Waals surface area contributed by atoms with Crippen LogP contribution < -0.4 is 0 Å². The van der Waals surface area contributed by atoms with E-state index in [0.29, 0.717) is 0 Å². The van der Waals surface area contributed by atoms with Crippen LogP contribution in [-0.2, 0) is 13.1 Å². The molecule has 0 radical (unpaired) electrons. The maximum absolute atomic E-state index is 10.9. The van der Waals surface area contributed by atoms with Crippen molar-refractivity contribution >= 4 is 54.4 Å². The Morgan fingerprint density at radius 2 is 1.23 bits per heavy atom. The van der Waals surface area contributed by atoms with Crippen LogP contribution >= 0.6 is 0 Å². The summed E-state index contributed by atoms with van der Waals surface area (Å²) in [5.41, 5.74) is 5.00. The Morgan fingerprint density at radius 1 is 0.667 bits per heavy atom. The number of allylic oxidation sites excluding steroid dienone is 2. The molecule has 7 rings (SSSR count). The molecule has 0 atom stereocenters. The first-order valence-corrected chi connectivity index (χ1v) is 10.6. The molecule has 0 spiro atoms. The van der Waals surface area contributed by atoms with Crippen molar-refractivity contribution in [1.82, 2.24) is 14.1 Å². The largest absolute Gasteiger partial charge is 0.494 e. The van der Waals surface area contributed by atoms with Gasteiger partial charge in [0.25, 0.3) is 0 Å². The van der Waals surface area contributed by atoms with E-state index in [1.165, 1.54) is 38.2 Å². The summed E-state index contributed by atoms with van der Waals surface area (Å²) in [6, 6.07) is 17.3. The SMILES string of the molecule is Oc1[nH]cc2c1c1c3ccccc3n3c1c1c2c2ccccc2n1CCC=CCC3. The molecule has 4 nitrogen and oxygen atoms in total. The van der Waals surface area contributed by atoms with Gasteiger partial charge in [-0.05, 0) is 25.0 Å². The second-order valence-corrected chi connectivity index (χ2v) is 8.26. The van der Waals surface area contributed by atoms with E-state index in [0.717, 1.165) is 42.1 Å². The number of benzene rings is 3. The number of hydrogen-bond acceptors (Lipinski definition) is 1. The van der Waals surface area contributed by atoms with Gasteiger partial charge < -0.3 is 19.2 Å². The average Bonchev–Trinajstić information content (AvgIpc) is 3.41. The molecular weight excluding hydrogens is 370 g/mol. The minimum absolute atomic E-state index is 0.253. The summed E-state index contributed by atoms with van der Waals surface area (Å²) in [6.45, 7) is 1.87. The highest BCUT2D eigenvalue weighted by atomic mass is 16.3. The molecule has 3 aromatic carbocycles. The maximum atomic E-state index is 10.9. The Balaban J connectivity index is 1.91. The first kappa shape index (κ1) is 16.2. The summed E-state index contributed by atoms with van der Waals surface area (Å²) >= 11 is 0. The highest BCUT2D eigenvalue weighted by Crippen LogP contribution is 2.47. The smallest absolute Gasteiger partial charge is 0.197 e.